The maximum atomic E-state index is 12.2. The normalized spacial score (nSPS) is 14.0. The molecule has 2 heterocycles. The molecule has 0 aromatic carbocycles. The molecule has 1 aromatic heterocycles. The summed E-state index contributed by atoms with van der Waals surface area (Å²) in [7, 11) is 3.59. The number of fused-ring (bicyclic) bond motifs is 1. The first kappa shape index (κ1) is 30.4. The monoisotopic (exact) mass is 507 g/mol. The van der Waals surface area contributed by atoms with Gasteiger partial charge in [0.05, 0.1) is 12.8 Å². The number of aromatic amines is 1. The molecule has 1 atom stereocenters. The summed E-state index contributed by atoms with van der Waals surface area (Å²) < 4.78 is 1.53. The number of aliphatic hydroxyl groups is 1. The molecule has 1 aliphatic rings. The average Bonchev–Trinajstić information content (AvgIpc) is 3.19. The predicted molar refractivity (Wildman–Crippen MR) is 151 cm³/mol. The van der Waals surface area contributed by atoms with E-state index in [9.17, 15) is 14.7 Å². The van der Waals surface area contributed by atoms with E-state index in [1.54, 1.807) is 7.05 Å². The Morgan fingerprint density at radius 2 is 1.44 bits per heavy atom. The molecule has 3 N–H and O–H groups in total. The van der Waals surface area contributed by atoms with Crippen molar-refractivity contribution < 1.29 is 5.11 Å². The molecule has 0 aliphatic carbocycles. The van der Waals surface area contributed by atoms with Crippen molar-refractivity contribution in [1.29, 1.82) is 0 Å². The smallest absolute Gasteiger partial charge is 0.329 e. The first-order valence-corrected chi connectivity index (χ1v) is 14.6. The van der Waals surface area contributed by atoms with Crippen molar-refractivity contribution in [3.05, 3.63) is 20.8 Å². The number of unbranched alkanes of at least 4 members (excludes halogenated alkanes) is 13. The van der Waals surface area contributed by atoms with Gasteiger partial charge in [-0.3, -0.25) is 14.3 Å². The van der Waals surface area contributed by atoms with Crippen LogP contribution in [0.2, 0.25) is 0 Å². The van der Waals surface area contributed by atoms with Gasteiger partial charge in [0.2, 0.25) is 0 Å². The Hall–Kier alpha value is -1.80. The number of aliphatic hydroxyl groups excluding tert-OH is 1. The summed E-state index contributed by atoms with van der Waals surface area (Å²) in [6.45, 7) is 5.45. The van der Waals surface area contributed by atoms with Crippen molar-refractivity contribution in [2.24, 2.45) is 7.05 Å². The van der Waals surface area contributed by atoms with Crippen molar-refractivity contribution in [1.82, 2.24) is 14.9 Å². The lowest BCUT2D eigenvalue weighted by atomic mass is 10.1. The Kier molecular flexibility index (Phi) is 14.9. The fourth-order valence-electron chi connectivity index (χ4n) is 5.19. The first-order chi connectivity index (χ1) is 17.5. The Bertz CT molecular complexity index is 837. The van der Waals surface area contributed by atoms with Gasteiger partial charge in [-0.25, -0.2) is 4.79 Å². The summed E-state index contributed by atoms with van der Waals surface area (Å²) in [6.07, 6.45) is 19.6. The average molecular weight is 508 g/mol. The zero-order valence-electron chi connectivity index (χ0n) is 23.3. The maximum Gasteiger partial charge on any atom is 0.329 e. The zero-order valence-corrected chi connectivity index (χ0v) is 23.3. The number of anilines is 2. The van der Waals surface area contributed by atoms with Crippen LogP contribution >= 0.6 is 0 Å². The van der Waals surface area contributed by atoms with Gasteiger partial charge >= 0.3 is 5.69 Å². The number of nitrogens with one attached hydrogen (secondary N) is 2. The quantitative estimate of drug-likeness (QED) is 0.212. The second-order valence-corrected chi connectivity index (χ2v) is 10.7. The first-order valence-electron chi connectivity index (χ1n) is 14.6. The highest BCUT2D eigenvalue weighted by molar-refractivity contribution is 5.71. The van der Waals surface area contributed by atoms with Gasteiger partial charge in [0.1, 0.15) is 11.5 Å². The van der Waals surface area contributed by atoms with E-state index in [-0.39, 0.29) is 17.4 Å². The molecule has 0 fully saturated rings. The van der Waals surface area contributed by atoms with E-state index in [1.807, 2.05) is 11.9 Å². The molecular weight excluding hydrogens is 454 g/mol. The van der Waals surface area contributed by atoms with Crippen molar-refractivity contribution in [3.63, 3.8) is 0 Å². The van der Waals surface area contributed by atoms with Crippen molar-refractivity contribution >= 4 is 11.5 Å². The van der Waals surface area contributed by atoms with Crippen LogP contribution in [0, 0.1) is 0 Å². The lowest BCUT2D eigenvalue weighted by Crippen LogP contribution is -2.32. The Morgan fingerprint density at radius 1 is 0.861 bits per heavy atom. The van der Waals surface area contributed by atoms with Crippen LogP contribution in [0.25, 0.3) is 0 Å². The fourth-order valence-corrected chi connectivity index (χ4v) is 5.19. The predicted octanol–water partition coefficient (Wildman–Crippen LogP) is 4.50. The van der Waals surface area contributed by atoms with E-state index in [0.29, 0.717) is 18.9 Å². The molecule has 2 rings (SSSR count). The minimum Gasteiger partial charge on any atom is -0.392 e. The molecule has 0 radical (unpaired) electrons. The van der Waals surface area contributed by atoms with E-state index in [2.05, 4.69) is 22.1 Å². The van der Waals surface area contributed by atoms with Crippen molar-refractivity contribution in [2.75, 3.05) is 43.2 Å². The van der Waals surface area contributed by atoms with Crippen LogP contribution in [0.15, 0.2) is 9.59 Å². The number of hydrogen-bond donors (Lipinski definition) is 3. The molecule has 0 spiro atoms. The molecule has 8 heteroatoms. The Labute approximate surface area is 218 Å². The summed E-state index contributed by atoms with van der Waals surface area (Å²) in [6, 6.07) is 0. The van der Waals surface area contributed by atoms with Crippen LogP contribution < -0.4 is 26.4 Å². The number of H-pyrrole nitrogens is 1. The van der Waals surface area contributed by atoms with Crippen LogP contribution in [-0.4, -0.2) is 54.1 Å². The molecule has 0 saturated carbocycles. The van der Waals surface area contributed by atoms with Crippen molar-refractivity contribution in [2.45, 2.75) is 116 Å². The molecule has 0 amide bonds. The van der Waals surface area contributed by atoms with Gasteiger partial charge in [0.15, 0.2) is 0 Å². The molecule has 1 aliphatic heterocycles. The van der Waals surface area contributed by atoms with Gasteiger partial charge in [-0.15, -0.1) is 0 Å². The number of aromatic nitrogens is 2. The second-order valence-electron chi connectivity index (χ2n) is 10.7. The third kappa shape index (κ3) is 10.7. The molecule has 1 unspecified atom stereocenters. The summed E-state index contributed by atoms with van der Waals surface area (Å²) in [5.74, 6) is 0.722. The van der Waals surface area contributed by atoms with Gasteiger partial charge in [-0.05, 0) is 25.8 Å². The standard InChI is InChI=1S/C28H53N5O3/c1-4-5-6-7-8-9-10-11-14-17-20-29-22-24(34)19-16-13-12-15-18-21-33-23-31(2)25-26(35)30-28(36)32(3)27(25)33/h24,29,34H,4-23H2,1-3H3,(H,30,35,36). The number of hydrogen-bond acceptors (Lipinski definition) is 6. The summed E-state index contributed by atoms with van der Waals surface area (Å²) in [5, 5.41) is 13.6. The van der Waals surface area contributed by atoms with Crippen LogP contribution in [0.5, 0.6) is 0 Å². The largest absolute Gasteiger partial charge is 0.392 e. The van der Waals surface area contributed by atoms with E-state index in [1.165, 1.54) is 68.8 Å². The van der Waals surface area contributed by atoms with Crippen LogP contribution in [0.3, 0.4) is 0 Å². The SMILES string of the molecule is CCCCCCCCCCCCNCC(O)CCCCCCCN1CN(C)c2c1n(C)c(=O)[nH]c2=O. The van der Waals surface area contributed by atoms with Gasteiger partial charge in [-0.2, -0.15) is 0 Å². The molecule has 36 heavy (non-hydrogen) atoms. The topological polar surface area (TPSA) is 93.6 Å². The molecule has 0 bridgehead atoms. The van der Waals surface area contributed by atoms with Crippen LogP contribution in [0.4, 0.5) is 11.5 Å². The summed E-state index contributed by atoms with van der Waals surface area (Å²) in [5.41, 5.74) is -0.0990. The highest BCUT2D eigenvalue weighted by Gasteiger charge is 2.28. The van der Waals surface area contributed by atoms with Crippen LogP contribution in [0.1, 0.15) is 110 Å². The molecule has 0 saturated heterocycles. The molecule has 8 nitrogen and oxygen atoms in total. The second kappa shape index (κ2) is 17.6. The van der Waals surface area contributed by atoms with E-state index < -0.39 is 0 Å². The van der Waals surface area contributed by atoms with Gasteiger partial charge < -0.3 is 20.2 Å². The van der Waals surface area contributed by atoms with Gasteiger partial charge in [-0.1, -0.05) is 90.4 Å². The van der Waals surface area contributed by atoms with Crippen LogP contribution in [-0.2, 0) is 7.05 Å². The Balaban J connectivity index is 1.42. The zero-order chi connectivity index (χ0) is 26.2. The van der Waals surface area contributed by atoms with Crippen molar-refractivity contribution in [3.8, 4) is 0 Å². The maximum absolute atomic E-state index is 12.2. The number of rotatable bonds is 21. The lowest BCUT2D eigenvalue weighted by Gasteiger charge is -2.20. The third-order valence-electron chi connectivity index (χ3n) is 7.39. The number of nitrogens with zero attached hydrogens (tertiary/aromatic N) is 3. The molecular formula is C28H53N5O3. The fraction of sp³-hybridized carbons (Fsp3) is 0.857. The van der Waals surface area contributed by atoms with E-state index in [0.717, 1.165) is 57.4 Å². The highest BCUT2D eigenvalue weighted by Crippen LogP contribution is 2.29. The van der Waals surface area contributed by atoms with Gasteiger partial charge in [0.25, 0.3) is 5.56 Å². The van der Waals surface area contributed by atoms with Gasteiger partial charge in [0, 0.05) is 27.2 Å². The highest BCUT2D eigenvalue weighted by atomic mass is 16.3. The molecule has 1 aromatic rings. The minimum absolute atomic E-state index is 0.246. The lowest BCUT2D eigenvalue weighted by molar-refractivity contribution is 0.158. The third-order valence-corrected chi connectivity index (χ3v) is 7.39. The van der Waals surface area contributed by atoms with E-state index in [4.69, 9.17) is 0 Å². The minimum atomic E-state index is -0.365. The Morgan fingerprint density at radius 3 is 2.11 bits per heavy atom. The summed E-state index contributed by atoms with van der Waals surface area (Å²) in [4.78, 5) is 30.5. The summed E-state index contributed by atoms with van der Waals surface area (Å²) >= 11 is 0. The molecule has 208 valence electrons. The van der Waals surface area contributed by atoms with E-state index >= 15 is 0 Å².